The van der Waals surface area contributed by atoms with E-state index >= 15 is 0 Å². The van der Waals surface area contributed by atoms with Gasteiger partial charge in [-0.15, -0.1) is 0 Å². The van der Waals surface area contributed by atoms with Crippen LogP contribution in [-0.2, 0) is 20.7 Å². The summed E-state index contributed by atoms with van der Waals surface area (Å²) in [5.41, 5.74) is 1.54. The van der Waals surface area contributed by atoms with Gasteiger partial charge >= 0.3 is 5.97 Å². The van der Waals surface area contributed by atoms with Gasteiger partial charge in [-0.3, -0.25) is 24.7 Å². The number of ether oxygens (including phenoxy) is 2. The van der Waals surface area contributed by atoms with Gasteiger partial charge in [0, 0.05) is 12.6 Å². The highest BCUT2D eigenvalue weighted by Gasteiger charge is 2.31. The molecule has 1 saturated heterocycles. The average molecular weight is 400 g/mol. The summed E-state index contributed by atoms with van der Waals surface area (Å²) < 4.78 is 11.2. The zero-order chi connectivity index (χ0) is 19.9. The lowest BCUT2D eigenvalue weighted by Gasteiger charge is -2.18. The number of carbonyl (C=O) groups excluding carboxylic acids is 3. The lowest BCUT2D eigenvalue weighted by molar-refractivity contribution is -0.150. The molecule has 1 fully saturated rings. The van der Waals surface area contributed by atoms with Crippen LogP contribution in [0.2, 0.25) is 0 Å². The maximum Gasteiger partial charge on any atom is 0.306 e. The van der Waals surface area contributed by atoms with Gasteiger partial charge in [-0.05, 0) is 36.2 Å². The van der Waals surface area contributed by atoms with E-state index in [4.69, 9.17) is 9.47 Å². The Kier molecular flexibility index (Phi) is 6.65. The van der Waals surface area contributed by atoms with Gasteiger partial charge in [0.2, 0.25) is 5.91 Å². The summed E-state index contributed by atoms with van der Waals surface area (Å²) >= 11 is 1.01. The molecule has 1 aromatic heterocycles. The van der Waals surface area contributed by atoms with Gasteiger partial charge in [0.1, 0.15) is 12.4 Å². The number of nitrogens with one attached hydrogen (secondary N) is 1. The molecule has 7 nitrogen and oxygen atoms in total. The minimum atomic E-state index is -0.599. The van der Waals surface area contributed by atoms with E-state index in [9.17, 15) is 14.4 Å². The highest BCUT2D eigenvalue weighted by Crippen LogP contribution is 2.24. The van der Waals surface area contributed by atoms with Crippen LogP contribution in [0.3, 0.4) is 0 Å². The first kappa shape index (κ1) is 19.9. The number of amides is 2. The van der Waals surface area contributed by atoms with Crippen LogP contribution in [0, 0.1) is 0 Å². The first-order valence-electron chi connectivity index (χ1n) is 8.88. The quantitative estimate of drug-likeness (QED) is 0.681. The minimum absolute atomic E-state index is 0.136. The van der Waals surface area contributed by atoms with Crippen molar-refractivity contribution in [3.05, 3.63) is 59.9 Å². The molecule has 0 spiro atoms. The Morgan fingerprint density at radius 1 is 1.21 bits per heavy atom. The number of thioether (sulfide) groups is 1. The number of nitrogens with zero attached hydrogens (tertiary/aromatic N) is 1. The highest BCUT2D eigenvalue weighted by molar-refractivity contribution is 8.15. The van der Waals surface area contributed by atoms with Crippen LogP contribution in [0.4, 0.5) is 4.79 Å². The number of hydrogen-bond acceptors (Lipinski definition) is 7. The summed E-state index contributed by atoms with van der Waals surface area (Å²) in [7, 11) is 0. The maximum atomic E-state index is 11.7. The van der Waals surface area contributed by atoms with E-state index in [2.05, 4.69) is 10.3 Å². The van der Waals surface area contributed by atoms with Crippen LogP contribution >= 0.6 is 11.8 Å². The van der Waals surface area contributed by atoms with Crippen LogP contribution in [0.15, 0.2) is 48.7 Å². The largest absolute Gasteiger partial charge is 0.489 e. The molecule has 1 aliphatic heterocycles. The molecule has 2 atom stereocenters. The second kappa shape index (κ2) is 9.36. The summed E-state index contributed by atoms with van der Waals surface area (Å²) in [5, 5.41) is 1.57. The zero-order valence-electron chi connectivity index (χ0n) is 15.3. The molecule has 0 saturated carbocycles. The molecule has 8 heteroatoms. The number of hydrogen-bond donors (Lipinski definition) is 1. The van der Waals surface area contributed by atoms with Crippen molar-refractivity contribution in [2.24, 2.45) is 0 Å². The summed E-state index contributed by atoms with van der Waals surface area (Å²) in [4.78, 5) is 38.8. The third kappa shape index (κ3) is 5.32. The molecule has 2 amide bonds. The van der Waals surface area contributed by atoms with E-state index < -0.39 is 11.4 Å². The smallest absolute Gasteiger partial charge is 0.306 e. The molecule has 1 aromatic carbocycles. The van der Waals surface area contributed by atoms with Gasteiger partial charge in [0.15, 0.2) is 6.10 Å². The van der Waals surface area contributed by atoms with Crippen molar-refractivity contribution < 1.29 is 23.9 Å². The van der Waals surface area contributed by atoms with Crippen molar-refractivity contribution >= 4 is 28.9 Å². The highest BCUT2D eigenvalue weighted by atomic mass is 32.2. The van der Waals surface area contributed by atoms with E-state index in [1.807, 2.05) is 18.2 Å². The molecule has 0 radical (unpaired) electrons. The molecular formula is C20H20N2O5S. The molecule has 2 aromatic rings. The first-order chi connectivity index (χ1) is 13.5. The maximum absolute atomic E-state index is 11.7. The zero-order valence-corrected chi connectivity index (χ0v) is 16.1. The topological polar surface area (TPSA) is 94.6 Å². The summed E-state index contributed by atoms with van der Waals surface area (Å²) in [6.45, 7) is 1.87. The van der Waals surface area contributed by atoms with E-state index in [-0.39, 0.29) is 30.1 Å². The molecule has 3 rings (SSSR count). The van der Waals surface area contributed by atoms with Crippen LogP contribution in [-0.4, -0.2) is 34.0 Å². The Bertz CT molecular complexity index is 841. The minimum Gasteiger partial charge on any atom is -0.489 e. The molecule has 28 heavy (non-hydrogen) atoms. The molecule has 146 valence electrons. The summed E-state index contributed by atoms with van der Waals surface area (Å²) in [5.74, 6) is 0.0274. The summed E-state index contributed by atoms with van der Waals surface area (Å²) in [6.07, 6.45) is 1.78. The Morgan fingerprint density at radius 2 is 2.00 bits per heavy atom. The van der Waals surface area contributed by atoms with Crippen LogP contribution < -0.4 is 10.1 Å². The van der Waals surface area contributed by atoms with Gasteiger partial charge < -0.3 is 9.47 Å². The van der Waals surface area contributed by atoms with Gasteiger partial charge in [0.25, 0.3) is 5.24 Å². The molecule has 0 aliphatic carbocycles. The number of esters is 1. The average Bonchev–Trinajstić information content (AvgIpc) is 3.03. The standard InChI is InChI=1S/C20H20N2O5S/c1-2-18(23)27-16(15-5-3-4-10-21-15)12-26-14-8-6-13(7-9-14)11-17-19(24)22-20(25)28-17/h3-10,16-17H,2,11-12H2,1H3,(H,22,24,25). The second-order valence-corrected chi connectivity index (χ2v) is 7.30. The Hall–Kier alpha value is -2.87. The molecule has 2 unspecified atom stereocenters. The van der Waals surface area contributed by atoms with Gasteiger partial charge in [-0.2, -0.15) is 0 Å². The molecular weight excluding hydrogens is 380 g/mol. The van der Waals surface area contributed by atoms with E-state index in [0.29, 0.717) is 17.9 Å². The normalized spacial score (nSPS) is 17.1. The predicted molar refractivity (Wildman–Crippen MR) is 104 cm³/mol. The fourth-order valence-electron chi connectivity index (χ4n) is 2.62. The van der Waals surface area contributed by atoms with Gasteiger partial charge in [-0.1, -0.05) is 36.9 Å². The van der Waals surface area contributed by atoms with Crippen LogP contribution in [0.5, 0.6) is 5.75 Å². The van der Waals surface area contributed by atoms with Gasteiger partial charge in [0.05, 0.1) is 10.9 Å². The Morgan fingerprint density at radius 3 is 2.61 bits per heavy atom. The number of rotatable bonds is 8. The van der Waals surface area contributed by atoms with E-state index in [1.165, 1.54) is 0 Å². The van der Waals surface area contributed by atoms with E-state index in [1.54, 1.807) is 37.4 Å². The molecule has 0 bridgehead atoms. The van der Waals surface area contributed by atoms with Crippen molar-refractivity contribution in [3.8, 4) is 5.75 Å². The Balaban J connectivity index is 1.59. The number of pyridine rings is 1. The third-order valence-electron chi connectivity index (χ3n) is 4.09. The number of imide groups is 1. The lowest BCUT2D eigenvalue weighted by atomic mass is 10.1. The third-order valence-corrected chi connectivity index (χ3v) is 5.07. The van der Waals surface area contributed by atoms with Crippen molar-refractivity contribution in [1.29, 1.82) is 0 Å². The molecule has 1 N–H and O–H groups in total. The molecule has 1 aliphatic rings. The second-order valence-electron chi connectivity index (χ2n) is 6.13. The summed E-state index contributed by atoms with van der Waals surface area (Å²) in [6, 6.07) is 12.7. The van der Waals surface area contributed by atoms with E-state index in [0.717, 1.165) is 17.3 Å². The fourth-order valence-corrected chi connectivity index (χ4v) is 3.48. The lowest BCUT2D eigenvalue weighted by Crippen LogP contribution is -2.25. The predicted octanol–water partition coefficient (Wildman–Crippen LogP) is 3.05. The fraction of sp³-hybridized carbons (Fsp3) is 0.300. The first-order valence-corrected chi connectivity index (χ1v) is 9.76. The number of aromatic nitrogens is 1. The van der Waals surface area contributed by atoms with Crippen LogP contribution in [0.25, 0.3) is 0 Å². The van der Waals surface area contributed by atoms with Crippen molar-refractivity contribution in [2.75, 3.05) is 6.61 Å². The SMILES string of the molecule is CCC(=O)OC(COc1ccc(CC2SC(=O)NC2=O)cc1)c1ccccn1. The van der Waals surface area contributed by atoms with Crippen molar-refractivity contribution in [1.82, 2.24) is 10.3 Å². The van der Waals surface area contributed by atoms with Crippen molar-refractivity contribution in [3.63, 3.8) is 0 Å². The number of benzene rings is 1. The Labute approximate surface area is 166 Å². The van der Waals surface area contributed by atoms with Crippen LogP contribution in [0.1, 0.15) is 30.7 Å². The van der Waals surface area contributed by atoms with Crippen molar-refractivity contribution in [2.45, 2.75) is 31.1 Å². The monoisotopic (exact) mass is 400 g/mol. The van der Waals surface area contributed by atoms with Gasteiger partial charge in [-0.25, -0.2) is 0 Å². The number of carbonyl (C=O) groups is 3. The molecule has 2 heterocycles.